The highest BCUT2D eigenvalue weighted by molar-refractivity contribution is 5.94. The molecule has 0 fully saturated rings. The molecule has 0 spiro atoms. The van der Waals surface area contributed by atoms with Gasteiger partial charge >= 0.3 is 0 Å². The second-order valence-corrected chi connectivity index (χ2v) is 3.49. The molecule has 4 N–H and O–H groups in total. The highest BCUT2D eigenvalue weighted by atomic mass is 16.3. The molecule has 0 aliphatic rings. The number of amides is 4. The smallest absolute Gasteiger partial charge is 0.252 e. The van der Waals surface area contributed by atoms with Gasteiger partial charge in [-0.15, -0.1) is 0 Å². The molecule has 14 heteroatoms. The zero-order valence-corrected chi connectivity index (χ0v) is 10.8. The fourth-order valence-electron chi connectivity index (χ4n) is 0.992. The number of nitrogens with zero attached hydrogens (tertiary/aromatic N) is 6. The van der Waals surface area contributed by atoms with Crippen LogP contribution in [0.3, 0.4) is 0 Å². The molecule has 118 valence electrons. The third-order valence-electron chi connectivity index (χ3n) is 1.98. The molecule has 0 bridgehead atoms. The van der Waals surface area contributed by atoms with Crippen molar-refractivity contribution in [1.29, 1.82) is 0 Å². The van der Waals surface area contributed by atoms with Crippen molar-refractivity contribution in [1.82, 2.24) is 10.6 Å². The molecule has 4 amide bonds. The topological polar surface area (TPSA) is 230 Å². The first-order chi connectivity index (χ1) is 10.3. The van der Waals surface area contributed by atoms with Gasteiger partial charge in [0.2, 0.25) is 11.8 Å². The van der Waals surface area contributed by atoms with E-state index in [4.69, 9.17) is 11.1 Å². The first kappa shape index (κ1) is 18.8. The molecule has 0 heterocycles. The standard InChI is InChI=1S/C8H10N8O6/c9-15-13-3(17)1-11-7(21)5(19)6(20)8(22)12-2-4(18)14-16-10/h5-6,19-20H,1-2H2,(H,11,21)(H,12,22)/t5-,6-/m1/s1. The minimum absolute atomic E-state index is 0.746. The van der Waals surface area contributed by atoms with E-state index in [1.165, 1.54) is 0 Å². The Morgan fingerprint density at radius 2 is 1.18 bits per heavy atom. The van der Waals surface area contributed by atoms with Gasteiger partial charge in [-0.05, 0) is 21.3 Å². The zero-order valence-electron chi connectivity index (χ0n) is 10.8. The van der Waals surface area contributed by atoms with Gasteiger partial charge in [0.25, 0.3) is 11.8 Å². The van der Waals surface area contributed by atoms with E-state index in [9.17, 15) is 29.4 Å². The van der Waals surface area contributed by atoms with E-state index in [-0.39, 0.29) is 0 Å². The molecule has 0 aromatic carbocycles. The summed E-state index contributed by atoms with van der Waals surface area (Å²) in [6, 6.07) is 0. The monoisotopic (exact) mass is 314 g/mol. The van der Waals surface area contributed by atoms with E-state index in [0.717, 1.165) is 0 Å². The first-order valence-electron chi connectivity index (χ1n) is 5.41. The maximum Gasteiger partial charge on any atom is 0.252 e. The van der Waals surface area contributed by atoms with Crippen molar-refractivity contribution in [3.63, 3.8) is 0 Å². The van der Waals surface area contributed by atoms with Gasteiger partial charge < -0.3 is 20.8 Å². The summed E-state index contributed by atoms with van der Waals surface area (Å²) in [5.41, 5.74) is 15.9. The van der Waals surface area contributed by atoms with Crippen LogP contribution in [0.25, 0.3) is 20.9 Å². The third kappa shape index (κ3) is 6.83. The largest absolute Gasteiger partial charge is 0.380 e. The summed E-state index contributed by atoms with van der Waals surface area (Å²) < 4.78 is 0. The Balaban J connectivity index is 4.41. The van der Waals surface area contributed by atoms with Crippen molar-refractivity contribution >= 4 is 23.6 Å². The highest BCUT2D eigenvalue weighted by Gasteiger charge is 2.30. The number of aliphatic hydroxyl groups is 2. The predicted octanol–water partition coefficient (Wildman–Crippen LogP) is -2.39. The fourth-order valence-corrected chi connectivity index (χ4v) is 0.992. The Bertz CT molecular complexity index is 513. The Labute approximate surface area is 121 Å². The number of hydrogen-bond donors (Lipinski definition) is 4. The van der Waals surface area contributed by atoms with E-state index in [1.54, 1.807) is 0 Å². The molecule has 0 aromatic rings. The van der Waals surface area contributed by atoms with Gasteiger partial charge in [0.1, 0.15) is 0 Å². The molecule has 2 atom stereocenters. The Morgan fingerprint density at radius 3 is 1.45 bits per heavy atom. The Hall–Kier alpha value is -3.18. The molecule has 22 heavy (non-hydrogen) atoms. The predicted molar refractivity (Wildman–Crippen MR) is 66.3 cm³/mol. The van der Waals surface area contributed by atoms with Crippen LogP contribution in [0.2, 0.25) is 0 Å². The number of carbonyl (C=O) groups is 4. The minimum Gasteiger partial charge on any atom is -0.380 e. The molecule has 0 rings (SSSR count). The number of aliphatic hydroxyl groups excluding tert-OH is 2. The first-order valence-corrected chi connectivity index (χ1v) is 5.41. The lowest BCUT2D eigenvalue weighted by Crippen LogP contribution is -2.50. The van der Waals surface area contributed by atoms with E-state index < -0.39 is 48.9 Å². The van der Waals surface area contributed by atoms with Crippen molar-refractivity contribution < 1.29 is 29.4 Å². The molecule has 0 saturated heterocycles. The quantitative estimate of drug-likeness (QED) is 0.227. The SMILES string of the molecule is [N-]=[N+]=NC(=O)CNC(=O)[C@H](O)[C@@H](O)C(=O)NCC(=O)N=[N+]=[N-]. The maximum absolute atomic E-state index is 11.3. The van der Waals surface area contributed by atoms with Crippen molar-refractivity contribution in [2.24, 2.45) is 10.2 Å². The molecule has 0 aliphatic carbocycles. The van der Waals surface area contributed by atoms with Gasteiger partial charge in [0, 0.05) is 9.82 Å². The summed E-state index contributed by atoms with van der Waals surface area (Å²) in [4.78, 5) is 48.5. The summed E-state index contributed by atoms with van der Waals surface area (Å²) in [6.07, 6.45) is -4.48. The average Bonchev–Trinajstić information content (AvgIpc) is 2.49. The van der Waals surface area contributed by atoms with E-state index in [0.29, 0.717) is 0 Å². The summed E-state index contributed by atoms with van der Waals surface area (Å²) in [5.74, 6) is -4.68. The molecular weight excluding hydrogens is 304 g/mol. The molecule has 0 aliphatic heterocycles. The number of rotatable bonds is 7. The van der Waals surface area contributed by atoms with Gasteiger partial charge in [-0.3, -0.25) is 19.2 Å². The van der Waals surface area contributed by atoms with Crippen LogP contribution in [-0.2, 0) is 19.2 Å². The summed E-state index contributed by atoms with van der Waals surface area (Å²) in [6.45, 7) is -1.49. The molecular formula is C8H10N8O6. The normalized spacial score (nSPS) is 11.9. The number of carbonyl (C=O) groups excluding carboxylic acids is 4. The second-order valence-electron chi connectivity index (χ2n) is 3.49. The lowest BCUT2D eigenvalue weighted by Gasteiger charge is -2.16. The van der Waals surface area contributed by atoms with Crippen LogP contribution in [0.15, 0.2) is 10.2 Å². The lowest BCUT2D eigenvalue weighted by molar-refractivity contribution is -0.146. The van der Waals surface area contributed by atoms with Crippen molar-refractivity contribution in [2.45, 2.75) is 12.2 Å². The van der Waals surface area contributed by atoms with Crippen molar-refractivity contribution in [3.8, 4) is 0 Å². The summed E-state index contributed by atoms with van der Waals surface area (Å²) in [5, 5.41) is 27.6. The van der Waals surface area contributed by atoms with Gasteiger partial charge in [-0.1, -0.05) is 0 Å². The van der Waals surface area contributed by atoms with Crippen LogP contribution >= 0.6 is 0 Å². The molecule has 0 saturated carbocycles. The second kappa shape index (κ2) is 9.68. The Morgan fingerprint density at radius 1 is 0.864 bits per heavy atom. The summed E-state index contributed by atoms with van der Waals surface area (Å²) in [7, 11) is 0. The van der Waals surface area contributed by atoms with Crippen molar-refractivity contribution in [3.05, 3.63) is 20.9 Å². The average molecular weight is 314 g/mol. The molecule has 0 aromatic heterocycles. The van der Waals surface area contributed by atoms with E-state index in [1.807, 2.05) is 10.6 Å². The summed E-state index contributed by atoms with van der Waals surface area (Å²) >= 11 is 0. The van der Waals surface area contributed by atoms with Crippen LogP contribution in [0.5, 0.6) is 0 Å². The van der Waals surface area contributed by atoms with Gasteiger partial charge in [0.05, 0.1) is 13.1 Å². The molecule has 14 nitrogen and oxygen atoms in total. The van der Waals surface area contributed by atoms with Crippen LogP contribution in [0, 0.1) is 0 Å². The van der Waals surface area contributed by atoms with Crippen LogP contribution in [0.4, 0.5) is 0 Å². The van der Waals surface area contributed by atoms with Gasteiger partial charge in [0.15, 0.2) is 12.2 Å². The van der Waals surface area contributed by atoms with Crippen LogP contribution < -0.4 is 10.6 Å². The van der Waals surface area contributed by atoms with E-state index >= 15 is 0 Å². The molecule has 0 unspecified atom stereocenters. The number of azide groups is 2. The van der Waals surface area contributed by atoms with Gasteiger partial charge in [-0.2, -0.15) is 0 Å². The van der Waals surface area contributed by atoms with Gasteiger partial charge in [-0.25, -0.2) is 0 Å². The third-order valence-corrected chi connectivity index (χ3v) is 1.98. The van der Waals surface area contributed by atoms with Crippen LogP contribution in [-0.4, -0.2) is 59.1 Å². The lowest BCUT2D eigenvalue weighted by atomic mass is 10.1. The molecule has 0 radical (unpaired) electrons. The fraction of sp³-hybridized carbons (Fsp3) is 0.500. The maximum atomic E-state index is 11.3. The van der Waals surface area contributed by atoms with Crippen molar-refractivity contribution in [2.75, 3.05) is 13.1 Å². The zero-order chi connectivity index (χ0) is 17.1. The van der Waals surface area contributed by atoms with Crippen LogP contribution in [0.1, 0.15) is 0 Å². The highest BCUT2D eigenvalue weighted by Crippen LogP contribution is 1.95. The number of hydrogen-bond acceptors (Lipinski definition) is 6. The number of nitrogens with one attached hydrogen (secondary N) is 2. The van der Waals surface area contributed by atoms with E-state index in [2.05, 4.69) is 20.1 Å². The Kier molecular flexibility index (Phi) is 8.28. The minimum atomic E-state index is -2.24.